The Balaban J connectivity index is 1.56. The molecule has 0 aliphatic heterocycles. The molecule has 1 saturated carbocycles. The highest BCUT2D eigenvalue weighted by molar-refractivity contribution is 5.67. The topological polar surface area (TPSA) is 38.3 Å². The van der Waals surface area contributed by atoms with Crippen molar-refractivity contribution in [2.24, 2.45) is 0 Å². The van der Waals surface area contributed by atoms with E-state index >= 15 is 0 Å². The molecular weight excluding hydrogens is 238 g/mol. The zero-order valence-corrected chi connectivity index (χ0v) is 11.4. The van der Waals surface area contributed by atoms with E-state index in [4.69, 9.17) is 4.74 Å². The van der Waals surface area contributed by atoms with Gasteiger partial charge in [-0.05, 0) is 31.2 Å². The molecule has 0 heterocycles. The number of rotatable bonds is 5. The Labute approximate surface area is 115 Å². The SMILES string of the molecule is O=C(NC1CCCCC1)OCCCc1ccccc1. The molecule has 2 rings (SSSR count). The molecule has 0 aromatic heterocycles. The molecule has 0 unspecified atom stereocenters. The van der Waals surface area contributed by atoms with Crippen LogP contribution in [0.25, 0.3) is 0 Å². The van der Waals surface area contributed by atoms with Gasteiger partial charge in [0.2, 0.25) is 0 Å². The van der Waals surface area contributed by atoms with Gasteiger partial charge in [0.15, 0.2) is 0 Å². The number of benzene rings is 1. The average Bonchev–Trinajstić information content (AvgIpc) is 2.46. The van der Waals surface area contributed by atoms with Gasteiger partial charge in [-0.25, -0.2) is 4.79 Å². The van der Waals surface area contributed by atoms with Crippen molar-refractivity contribution < 1.29 is 9.53 Å². The Morgan fingerprint density at radius 2 is 1.89 bits per heavy atom. The zero-order valence-electron chi connectivity index (χ0n) is 11.4. The first-order valence-corrected chi connectivity index (χ1v) is 7.32. The van der Waals surface area contributed by atoms with Gasteiger partial charge in [-0.1, -0.05) is 49.6 Å². The van der Waals surface area contributed by atoms with Crippen LogP contribution in [0.1, 0.15) is 44.1 Å². The van der Waals surface area contributed by atoms with Crippen molar-refractivity contribution in [1.29, 1.82) is 0 Å². The van der Waals surface area contributed by atoms with Gasteiger partial charge in [-0.15, -0.1) is 0 Å². The molecule has 0 radical (unpaired) electrons. The van der Waals surface area contributed by atoms with Crippen LogP contribution in [0.3, 0.4) is 0 Å². The maximum atomic E-state index is 11.6. The molecule has 0 bridgehead atoms. The molecule has 0 spiro atoms. The highest BCUT2D eigenvalue weighted by atomic mass is 16.5. The number of amides is 1. The molecule has 1 fully saturated rings. The summed E-state index contributed by atoms with van der Waals surface area (Å²) in [5, 5.41) is 2.96. The summed E-state index contributed by atoms with van der Waals surface area (Å²) in [5.41, 5.74) is 1.29. The molecule has 1 aromatic carbocycles. The minimum atomic E-state index is -0.250. The predicted octanol–water partition coefficient (Wildman–Crippen LogP) is 3.68. The van der Waals surface area contributed by atoms with Crippen LogP contribution >= 0.6 is 0 Å². The summed E-state index contributed by atoms with van der Waals surface area (Å²) in [4.78, 5) is 11.6. The number of nitrogens with one attached hydrogen (secondary N) is 1. The second kappa shape index (κ2) is 7.82. The van der Waals surface area contributed by atoms with Gasteiger partial charge in [0.25, 0.3) is 0 Å². The van der Waals surface area contributed by atoms with E-state index in [2.05, 4.69) is 17.4 Å². The number of ether oxygens (including phenoxy) is 1. The van der Waals surface area contributed by atoms with Crippen molar-refractivity contribution in [2.75, 3.05) is 6.61 Å². The second-order valence-electron chi connectivity index (χ2n) is 5.20. The molecule has 104 valence electrons. The maximum Gasteiger partial charge on any atom is 0.407 e. The number of carbonyl (C=O) groups excluding carboxylic acids is 1. The minimum Gasteiger partial charge on any atom is -0.450 e. The lowest BCUT2D eigenvalue weighted by atomic mass is 9.96. The third-order valence-corrected chi connectivity index (χ3v) is 3.61. The van der Waals surface area contributed by atoms with Crippen LogP contribution in [0.2, 0.25) is 0 Å². The standard InChI is InChI=1S/C16H23NO2/c18-16(17-15-11-5-2-6-12-15)19-13-7-10-14-8-3-1-4-9-14/h1,3-4,8-9,15H,2,5-7,10-13H2,(H,17,18). The molecule has 1 aliphatic rings. The molecule has 0 saturated heterocycles. The second-order valence-corrected chi connectivity index (χ2v) is 5.20. The van der Waals surface area contributed by atoms with Crippen LogP contribution < -0.4 is 5.32 Å². The highest BCUT2D eigenvalue weighted by Crippen LogP contribution is 2.17. The summed E-state index contributed by atoms with van der Waals surface area (Å²) >= 11 is 0. The number of aryl methyl sites for hydroxylation is 1. The van der Waals surface area contributed by atoms with E-state index in [0.29, 0.717) is 12.6 Å². The fourth-order valence-corrected chi connectivity index (χ4v) is 2.54. The van der Waals surface area contributed by atoms with Crippen molar-refractivity contribution in [2.45, 2.75) is 51.0 Å². The smallest absolute Gasteiger partial charge is 0.407 e. The number of hydrogen-bond acceptors (Lipinski definition) is 2. The van der Waals surface area contributed by atoms with Crippen molar-refractivity contribution in [1.82, 2.24) is 5.32 Å². The lowest BCUT2D eigenvalue weighted by Gasteiger charge is -2.22. The van der Waals surface area contributed by atoms with Crippen LogP contribution in [0, 0.1) is 0 Å². The Kier molecular flexibility index (Phi) is 5.73. The fourth-order valence-electron chi connectivity index (χ4n) is 2.54. The number of alkyl carbamates (subject to hydrolysis) is 1. The van der Waals surface area contributed by atoms with Crippen molar-refractivity contribution in [3.05, 3.63) is 35.9 Å². The number of carbonyl (C=O) groups is 1. The minimum absolute atomic E-state index is 0.250. The lowest BCUT2D eigenvalue weighted by Crippen LogP contribution is -2.36. The quantitative estimate of drug-likeness (QED) is 0.821. The van der Waals surface area contributed by atoms with Crippen molar-refractivity contribution in [3.63, 3.8) is 0 Å². The van der Waals surface area contributed by atoms with Crippen LogP contribution in [0.15, 0.2) is 30.3 Å². The largest absolute Gasteiger partial charge is 0.450 e. The molecule has 0 atom stereocenters. The predicted molar refractivity (Wildman–Crippen MR) is 76.1 cm³/mol. The van der Waals surface area contributed by atoms with Crippen LogP contribution in [0.5, 0.6) is 0 Å². The molecule has 1 N–H and O–H groups in total. The Morgan fingerprint density at radius 1 is 1.16 bits per heavy atom. The summed E-state index contributed by atoms with van der Waals surface area (Å²) in [5.74, 6) is 0. The van der Waals surface area contributed by atoms with Crippen LogP contribution in [-0.2, 0) is 11.2 Å². The third kappa shape index (κ3) is 5.33. The Hall–Kier alpha value is -1.51. The summed E-state index contributed by atoms with van der Waals surface area (Å²) < 4.78 is 5.22. The van der Waals surface area contributed by atoms with E-state index in [-0.39, 0.29) is 6.09 Å². The molecular formula is C16H23NO2. The van der Waals surface area contributed by atoms with Crippen LogP contribution in [-0.4, -0.2) is 18.7 Å². The first-order chi connectivity index (χ1) is 9.34. The molecule has 1 aliphatic carbocycles. The fraction of sp³-hybridized carbons (Fsp3) is 0.562. The van der Waals surface area contributed by atoms with Gasteiger partial charge in [-0.3, -0.25) is 0 Å². The van der Waals surface area contributed by atoms with E-state index < -0.39 is 0 Å². The molecule has 1 aromatic rings. The molecule has 3 nitrogen and oxygen atoms in total. The monoisotopic (exact) mass is 261 g/mol. The maximum absolute atomic E-state index is 11.6. The van der Waals surface area contributed by atoms with Gasteiger partial charge >= 0.3 is 6.09 Å². The highest BCUT2D eigenvalue weighted by Gasteiger charge is 2.15. The van der Waals surface area contributed by atoms with E-state index in [0.717, 1.165) is 25.7 Å². The first-order valence-electron chi connectivity index (χ1n) is 7.32. The van der Waals surface area contributed by atoms with Gasteiger partial charge in [0, 0.05) is 6.04 Å². The van der Waals surface area contributed by atoms with Gasteiger partial charge < -0.3 is 10.1 Å². The molecule has 1 amide bonds. The molecule has 19 heavy (non-hydrogen) atoms. The van der Waals surface area contributed by atoms with E-state index in [9.17, 15) is 4.79 Å². The van der Waals surface area contributed by atoms with Gasteiger partial charge in [0.1, 0.15) is 0 Å². The molecule has 3 heteroatoms. The number of hydrogen-bond donors (Lipinski definition) is 1. The summed E-state index contributed by atoms with van der Waals surface area (Å²) in [7, 11) is 0. The van der Waals surface area contributed by atoms with Crippen molar-refractivity contribution in [3.8, 4) is 0 Å². The average molecular weight is 261 g/mol. The van der Waals surface area contributed by atoms with E-state index in [1.807, 2.05) is 18.2 Å². The Bertz CT molecular complexity index is 372. The van der Waals surface area contributed by atoms with Gasteiger partial charge in [-0.2, -0.15) is 0 Å². The van der Waals surface area contributed by atoms with Crippen LogP contribution in [0.4, 0.5) is 4.79 Å². The van der Waals surface area contributed by atoms with Crippen molar-refractivity contribution >= 4 is 6.09 Å². The summed E-state index contributed by atoms with van der Waals surface area (Å²) in [6.07, 6.45) is 7.51. The Morgan fingerprint density at radius 3 is 2.63 bits per heavy atom. The zero-order chi connectivity index (χ0) is 13.3. The summed E-state index contributed by atoms with van der Waals surface area (Å²) in [6.45, 7) is 0.493. The first kappa shape index (κ1) is 13.9. The van der Waals surface area contributed by atoms with E-state index in [1.54, 1.807) is 0 Å². The third-order valence-electron chi connectivity index (χ3n) is 3.61. The lowest BCUT2D eigenvalue weighted by molar-refractivity contribution is 0.138. The van der Waals surface area contributed by atoms with Gasteiger partial charge in [0.05, 0.1) is 6.61 Å². The normalized spacial score (nSPS) is 16.0. The summed E-state index contributed by atoms with van der Waals surface area (Å²) in [6, 6.07) is 10.6. The van der Waals surface area contributed by atoms with E-state index in [1.165, 1.54) is 24.8 Å².